The number of hydrogen-bond acceptors (Lipinski definition) is 3. The highest BCUT2D eigenvalue weighted by Crippen LogP contribution is 2.40. The Hall–Kier alpha value is -0.953. The Balaban J connectivity index is 2.27. The molecule has 0 unspecified atom stereocenters. The average Bonchev–Trinajstić information content (AvgIpc) is 2.95. The summed E-state index contributed by atoms with van der Waals surface area (Å²) in [5, 5.41) is 0.104. The first-order valence-corrected chi connectivity index (χ1v) is 14.1. The Bertz CT molecular complexity index is 751. The topological polar surface area (TPSA) is 46.6 Å². The van der Waals surface area contributed by atoms with Crippen LogP contribution in [0.25, 0.3) is 0 Å². The summed E-state index contributed by atoms with van der Waals surface area (Å²) in [6.45, 7) is 17.3. The van der Waals surface area contributed by atoms with E-state index in [1.54, 1.807) is 16.4 Å². The van der Waals surface area contributed by atoms with Crippen molar-refractivity contribution >= 4 is 18.3 Å². The number of rotatable bonds is 7. The summed E-state index contributed by atoms with van der Waals surface area (Å²) in [5.41, 5.74) is 1.05. The highest BCUT2D eigenvalue weighted by molar-refractivity contribution is 7.89. The van der Waals surface area contributed by atoms with Gasteiger partial charge in [0.25, 0.3) is 0 Å². The highest BCUT2D eigenvalue weighted by Gasteiger charge is 2.45. The van der Waals surface area contributed by atoms with Crippen molar-refractivity contribution in [1.82, 2.24) is 4.31 Å². The van der Waals surface area contributed by atoms with Gasteiger partial charge in [0.1, 0.15) is 0 Å². The van der Waals surface area contributed by atoms with E-state index in [4.69, 9.17) is 4.43 Å². The Morgan fingerprint density at radius 3 is 2.37 bits per heavy atom. The van der Waals surface area contributed by atoms with Gasteiger partial charge < -0.3 is 4.43 Å². The van der Waals surface area contributed by atoms with E-state index in [-0.39, 0.29) is 17.2 Å². The third-order valence-corrected chi connectivity index (χ3v) is 12.4. The van der Waals surface area contributed by atoms with Crippen LogP contribution in [0.3, 0.4) is 0 Å². The van der Waals surface area contributed by atoms with Crippen LogP contribution >= 0.6 is 0 Å². The molecule has 0 aromatic heterocycles. The zero-order chi connectivity index (χ0) is 20.5. The lowest BCUT2D eigenvalue weighted by molar-refractivity contribution is 0.193. The summed E-state index contributed by atoms with van der Waals surface area (Å²) >= 11 is 0. The number of benzene rings is 1. The summed E-state index contributed by atoms with van der Waals surface area (Å²) < 4.78 is 34.8. The second kappa shape index (κ2) is 8.19. The maximum Gasteiger partial charge on any atom is 0.243 e. The molecule has 1 aliphatic heterocycles. The Labute approximate surface area is 166 Å². The summed E-state index contributed by atoms with van der Waals surface area (Å²) in [6.07, 6.45) is 4.16. The third-order valence-electron chi connectivity index (χ3n) is 5.92. The maximum absolute atomic E-state index is 13.3. The van der Waals surface area contributed by atoms with Crippen LogP contribution in [0.2, 0.25) is 18.1 Å². The number of hydrogen-bond donors (Lipinski definition) is 0. The van der Waals surface area contributed by atoms with Crippen LogP contribution in [0, 0.1) is 6.92 Å². The van der Waals surface area contributed by atoms with Gasteiger partial charge in [-0.05, 0) is 56.5 Å². The lowest BCUT2D eigenvalue weighted by Crippen LogP contribution is -2.44. The van der Waals surface area contributed by atoms with E-state index >= 15 is 0 Å². The van der Waals surface area contributed by atoms with Gasteiger partial charge in [0.15, 0.2) is 8.32 Å². The molecule has 1 heterocycles. The van der Waals surface area contributed by atoms with Gasteiger partial charge in [0.2, 0.25) is 10.0 Å². The highest BCUT2D eigenvalue weighted by atomic mass is 32.2. The van der Waals surface area contributed by atoms with Crippen molar-refractivity contribution < 1.29 is 12.8 Å². The minimum absolute atomic E-state index is 0.0379. The number of allylic oxidation sites excluding steroid dienone is 1. The SMILES string of the molecule is C=CCC[C@@H]1C[C@@H](O[Si](C)(C)C(C)(C)C)CN1S(=O)(=O)c1ccc(C)cc1. The van der Waals surface area contributed by atoms with Gasteiger partial charge in [-0.1, -0.05) is 44.5 Å². The number of sulfonamides is 1. The first-order chi connectivity index (χ1) is 12.4. The quantitative estimate of drug-likeness (QED) is 0.464. The molecule has 1 aliphatic rings. The zero-order valence-electron chi connectivity index (χ0n) is 17.7. The molecule has 0 N–H and O–H groups in total. The average molecular weight is 410 g/mol. The minimum atomic E-state index is -3.52. The van der Waals surface area contributed by atoms with Gasteiger partial charge in [-0.25, -0.2) is 8.42 Å². The predicted molar refractivity (Wildman–Crippen MR) is 115 cm³/mol. The van der Waals surface area contributed by atoms with E-state index in [9.17, 15) is 8.42 Å². The molecular formula is C21H35NO3SSi. The molecule has 0 radical (unpaired) electrons. The van der Waals surface area contributed by atoms with Crippen molar-refractivity contribution in [2.24, 2.45) is 0 Å². The molecule has 2 atom stereocenters. The van der Waals surface area contributed by atoms with Crippen LogP contribution in [-0.2, 0) is 14.4 Å². The van der Waals surface area contributed by atoms with E-state index in [0.717, 1.165) is 24.8 Å². The largest absolute Gasteiger partial charge is 0.413 e. The molecule has 1 aromatic rings. The van der Waals surface area contributed by atoms with Crippen LogP contribution in [0.15, 0.2) is 41.8 Å². The second-order valence-electron chi connectivity index (χ2n) is 9.14. The number of aryl methyl sites for hydroxylation is 1. The minimum Gasteiger partial charge on any atom is -0.413 e. The van der Waals surface area contributed by atoms with E-state index in [1.807, 2.05) is 25.1 Å². The Kier molecular flexibility index (Phi) is 6.78. The molecule has 1 saturated heterocycles. The van der Waals surface area contributed by atoms with Gasteiger partial charge in [-0.15, -0.1) is 6.58 Å². The lowest BCUT2D eigenvalue weighted by atomic mass is 10.1. The maximum atomic E-state index is 13.3. The van der Waals surface area contributed by atoms with Crippen molar-refractivity contribution in [2.75, 3.05) is 6.54 Å². The fourth-order valence-corrected chi connectivity index (χ4v) is 6.29. The van der Waals surface area contributed by atoms with Crippen LogP contribution in [0.5, 0.6) is 0 Å². The van der Waals surface area contributed by atoms with E-state index in [0.29, 0.717) is 11.4 Å². The van der Waals surface area contributed by atoms with Crippen molar-refractivity contribution in [1.29, 1.82) is 0 Å². The monoisotopic (exact) mass is 409 g/mol. The van der Waals surface area contributed by atoms with Gasteiger partial charge in [-0.3, -0.25) is 0 Å². The van der Waals surface area contributed by atoms with Gasteiger partial charge in [-0.2, -0.15) is 4.31 Å². The molecule has 0 saturated carbocycles. The third kappa shape index (κ3) is 5.11. The molecule has 1 fully saturated rings. The van der Waals surface area contributed by atoms with Crippen molar-refractivity contribution in [3.63, 3.8) is 0 Å². The standard InChI is InChI=1S/C21H35NO3SSi/c1-8-9-10-18-15-19(25-27(6,7)21(3,4)5)16-22(18)26(23,24)20-13-11-17(2)12-14-20/h8,11-14,18-19H,1,9-10,15-16H2,2-7H3/t18-,19-/m1/s1. The van der Waals surface area contributed by atoms with Crippen molar-refractivity contribution in [2.45, 2.75) is 82.1 Å². The van der Waals surface area contributed by atoms with E-state index in [1.165, 1.54) is 0 Å². The molecule has 4 nitrogen and oxygen atoms in total. The molecule has 1 aromatic carbocycles. The zero-order valence-corrected chi connectivity index (χ0v) is 19.5. The van der Waals surface area contributed by atoms with Crippen LogP contribution in [0.1, 0.15) is 45.6 Å². The molecule has 6 heteroatoms. The summed E-state index contributed by atoms with van der Waals surface area (Å²) in [5.74, 6) is 0. The molecule has 0 spiro atoms. The molecule has 0 amide bonds. The van der Waals surface area contributed by atoms with Crippen LogP contribution in [0.4, 0.5) is 0 Å². The van der Waals surface area contributed by atoms with Crippen molar-refractivity contribution in [3.05, 3.63) is 42.5 Å². The summed E-state index contributed by atoms with van der Waals surface area (Å²) in [7, 11) is -5.47. The molecular weight excluding hydrogens is 374 g/mol. The first kappa shape index (κ1) is 22.3. The Morgan fingerprint density at radius 1 is 1.26 bits per heavy atom. The lowest BCUT2D eigenvalue weighted by Gasteiger charge is -2.38. The van der Waals surface area contributed by atoms with Crippen LogP contribution in [-0.4, -0.2) is 39.7 Å². The number of nitrogens with zero attached hydrogens (tertiary/aromatic N) is 1. The second-order valence-corrected chi connectivity index (χ2v) is 15.8. The first-order valence-electron chi connectivity index (χ1n) is 9.76. The molecule has 152 valence electrons. The molecule has 2 rings (SSSR count). The van der Waals surface area contributed by atoms with Crippen molar-refractivity contribution in [3.8, 4) is 0 Å². The smallest absolute Gasteiger partial charge is 0.243 e. The molecule has 0 bridgehead atoms. The van der Waals surface area contributed by atoms with Gasteiger partial charge in [0, 0.05) is 12.6 Å². The van der Waals surface area contributed by atoms with E-state index < -0.39 is 18.3 Å². The predicted octanol–water partition coefficient (Wildman–Crippen LogP) is 5.11. The summed E-state index contributed by atoms with van der Waals surface area (Å²) in [4.78, 5) is 0.365. The van der Waals surface area contributed by atoms with E-state index in [2.05, 4.69) is 40.4 Å². The Morgan fingerprint density at radius 2 is 1.85 bits per heavy atom. The van der Waals surface area contributed by atoms with Gasteiger partial charge >= 0.3 is 0 Å². The molecule has 27 heavy (non-hydrogen) atoms. The normalized spacial score (nSPS) is 22.1. The van der Waals surface area contributed by atoms with Crippen LogP contribution < -0.4 is 0 Å². The molecule has 0 aliphatic carbocycles. The summed E-state index contributed by atoms with van der Waals surface area (Å²) in [6, 6.07) is 7.08. The fraction of sp³-hybridized carbons (Fsp3) is 0.619. The van der Waals surface area contributed by atoms with Gasteiger partial charge in [0.05, 0.1) is 11.0 Å². The fourth-order valence-electron chi connectivity index (χ4n) is 3.24.